The molecule has 0 aliphatic heterocycles. The Labute approximate surface area is 107 Å². The molecule has 1 saturated carbocycles. The third-order valence-electron chi connectivity index (χ3n) is 3.55. The number of alkyl halides is 2. The van der Waals surface area contributed by atoms with Gasteiger partial charge >= 0.3 is 5.97 Å². The molecule has 4 nitrogen and oxygen atoms in total. The van der Waals surface area contributed by atoms with Crippen molar-refractivity contribution in [3.63, 3.8) is 0 Å². The van der Waals surface area contributed by atoms with Gasteiger partial charge in [-0.25, -0.2) is 18.6 Å². The van der Waals surface area contributed by atoms with Crippen LogP contribution in [0.4, 0.5) is 8.78 Å². The number of H-pyrrole nitrogens is 1. The number of carboxylic acids is 1. The lowest BCUT2D eigenvalue weighted by Crippen LogP contribution is -2.09. The molecule has 2 N–H and O–H groups in total. The molecule has 0 radical (unpaired) electrons. The summed E-state index contributed by atoms with van der Waals surface area (Å²) < 4.78 is 26.4. The fourth-order valence-corrected chi connectivity index (χ4v) is 2.60. The number of imidazole rings is 1. The maximum atomic E-state index is 13.2. The average Bonchev–Trinajstić information content (AvgIpc) is 2.90. The molecule has 19 heavy (non-hydrogen) atoms. The van der Waals surface area contributed by atoms with Crippen LogP contribution < -0.4 is 0 Å². The van der Waals surface area contributed by atoms with E-state index in [4.69, 9.17) is 5.11 Å². The molecule has 1 unspecified atom stereocenters. The summed E-state index contributed by atoms with van der Waals surface area (Å²) in [7, 11) is 0. The van der Waals surface area contributed by atoms with Crippen LogP contribution in [0.25, 0.3) is 11.0 Å². The van der Waals surface area contributed by atoms with Gasteiger partial charge < -0.3 is 10.1 Å². The number of rotatable bonds is 2. The Morgan fingerprint density at radius 3 is 2.89 bits per heavy atom. The van der Waals surface area contributed by atoms with Gasteiger partial charge in [0, 0.05) is 18.8 Å². The first-order valence-electron chi connectivity index (χ1n) is 6.06. The lowest BCUT2D eigenvalue weighted by Gasteiger charge is -2.07. The van der Waals surface area contributed by atoms with Crippen LogP contribution in [-0.4, -0.2) is 27.0 Å². The number of halogens is 2. The van der Waals surface area contributed by atoms with Crippen molar-refractivity contribution in [3.8, 4) is 0 Å². The number of carbonyl (C=O) groups is 1. The zero-order chi connectivity index (χ0) is 13.6. The molecule has 1 aliphatic carbocycles. The minimum Gasteiger partial charge on any atom is -0.478 e. The second-order valence-corrected chi connectivity index (χ2v) is 4.92. The standard InChI is InChI=1S/C13H12F2N2O2/c14-13(15)5-4-7(6-13)11-16-9-3-1-2-8(12(18)19)10(9)17-11/h1-3,7H,4-6H2,(H,16,17)(H,18,19). The van der Waals surface area contributed by atoms with Gasteiger partial charge in [0.1, 0.15) is 11.3 Å². The largest absolute Gasteiger partial charge is 0.478 e. The first-order chi connectivity index (χ1) is 8.96. The Morgan fingerprint density at radius 1 is 1.47 bits per heavy atom. The molecule has 3 rings (SSSR count). The summed E-state index contributed by atoms with van der Waals surface area (Å²) in [6.07, 6.45) is 0.00491. The number of benzene rings is 1. The third kappa shape index (κ3) is 2.07. The zero-order valence-corrected chi connectivity index (χ0v) is 9.99. The van der Waals surface area contributed by atoms with Gasteiger partial charge in [-0.05, 0) is 18.6 Å². The van der Waals surface area contributed by atoms with Crippen LogP contribution >= 0.6 is 0 Å². The Hall–Kier alpha value is -1.98. The Bertz CT molecular complexity index is 651. The number of nitrogens with one attached hydrogen (secondary N) is 1. The quantitative estimate of drug-likeness (QED) is 0.877. The highest BCUT2D eigenvalue weighted by Gasteiger charge is 2.41. The predicted octanol–water partition coefficient (Wildman–Crippen LogP) is 3.16. The highest BCUT2D eigenvalue weighted by Crippen LogP contribution is 2.43. The molecular formula is C13H12F2N2O2. The fourth-order valence-electron chi connectivity index (χ4n) is 2.60. The van der Waals surface area contributed by atoms with Crippen molar-refractivity contribution in [1.29, 1.82) is 0 Å². The molecule has 1 aromatic heterocycles. The first kappa shape index (κ1) is 12.1. The van der Waals surface area contributed by atoms with E-state index in [1.165, 1.54) is 6.07 Å². The summed E-state index contributed by atoms with van der Waals surface area (Å²) in [6.45, 7) is 0. The van der Waals surface area contributed by atoms with E-state index in [1.54, 1.807) is 12.1 Å². The van der Waals surface area contributed by atoms with E-state index in [0.717, 1.165) is 0 Å². The summed E-state index contributed by atoms with van der Waals surface area (Å²) in [6, 6.07) is 4.76. The van der Waals surface area contributed by atoms with E-state index < -0.39 is 11.9 Å². The van der Waals surface area contributed by atoms with Crippen LogP contribution in [0, 0.1) is 0 Å². The number of fused-ring (bicyclic) bond motifs is 1. The van der Waals surface area contributed by atoms with Gasteiger partial charge in [-0.1, -0.05) is 6.07 Å². The van der Waals surface area contributed by atoms with Crippen LogP contribution in [0.2, 0.25) is 0 Å². The van der Waals surface area contributed by atoms with E-state index in [0.29, 0.717) is 23.3 Å². The fraction of sp³-hybridized carbons (Fsp3) is 0.385. The van der Waals surface area contributed by atoms with Crippen LogP contribution in [0.3, 0.4) is 0 Å². The molecule has 0 saturated heterocycles. The molecule has 1 aliphatic rings. The highest BCUT2D eigenvalue weighted by molar-refractivity contribution is 6.00. The lowest BCUT2D eigenvalue weighted by molar-refractivity contribution is 0.00755. The number of hydrogen-bond donors (Lipinski definition) is 2. The summed E-state index contributed by atoms with van der Waals surface area (Å²) in [5, 5.41) is 9.07. The van der Waals surface area contributed by atoms with Crippen molar-refractivity contribution in [2.24, 2.45) is 0 Å². The number of aromatic amines is 1. The molecule has 0 amide bonds. The molecule has 1 atom stereocenters. The molecule has 2 aromatic rings. The summed E-state index contributed by atoms with van der Waals surface area (Å²) in [5.41, 5.74) is 0.995. The van der Waals surface area contributed by atoms with Gasteiger partial charge in [0.2, 0.25) is 5.92 Å². The van der Waals surface area contributed by atoms with Crippen LogP contribution in [-0.2, 0) is 0 Å². The molecule has 6 heteroatoms. The highest BCUT2D eigenvalue weighted by atomic mass is 19.3. The number of hydrogen-bond acceptors (Lipinski definition) is 2. The van der Waals surface area contributed by atoms with Gasteiger partial charge in [0.15, 0.2) is 0 Å². The molecule has 0 spiro atoms. The number of nitrogens with zero attached hydrogens (tertiary/aromatic N) is 1. The van der Waals surface area contributed by atoms with E-state index in [2.05, 4.69) is 9.97 Å². The summed E-state index contributed by atoms with van der Waals surface area (Å²) >= 11 is 0. The Balaban J connectivity index is 2.03. The second kappa shape index (κ2) is 4.01. The molecule has 1 aromatic carbocycles. The Morgan fingerprint density at radius 2 is 2.26 bits per heavy atom. The maximum Gasteiger partial charge on any atom is 0.337 e. The van der Waals surface area contributed by atoms with Gasteiger partial charge in [-0.15, -0.1) is 0 Å². The van der Waals surface area contributed by atoms with Crippen molar-refractivity contribution in [2.75, 3.05) is 0 Å². The molecule has 100 valence electrons. The molecule has 1 heterocycles. The zero-order valence-electron chi connectivity index (χ0n) is 9.99. The first-order valence-corrected chi connectivity index (χ1v) is 6.06. The van der Waals surface area contributed by atoms with Crippen LogP contribution in [0.5, 0.6) is 0 Å². The summed E-state index contributed by atoms with van der Waals surface area (Å²) in [4.78, 5) is 18.2. The van der Waals surface area contributed by atoms with Gasteiger partial charge in [-0.3, -0.25) is 0 Å². The summed E-state index contributed by atoms with van der Waals surface area (Å²) in [5.74, 6) is -3.58. The number of aromatic nitrogens is 2. The van der Waals surface area contributed by atoms with Crippen molar-refractivity contribution in [3.05, 3.63) is 29.6 Å². The van der Waals surface area contributed by atoms with Crippen molar-refractivity contribution in [1.82, 2.24) is 9.97 Å². The molecular weight excluding hydrogens is 254 g/mol. The minimum absolute atomic E-state index is 0.0877. The maximum absolute atomic E-state index is 13.2. The normalized spacial score (nSPS) is 21.9. The van der Waals surface area contributed by atoms with Crippen molar-refractivity contribution >= 4 is 17.0 Å². The van der Waals surface area contributed by atoms with E-state index in [-0.39, 0.29) is 24.3 Å². The number of carboxylic acid groups (broad SMARTS) is 1. The van der Waals surface area contributed by atoms with E-state index in [9.17, 15) is 13.6 Å². The van der Waals surface area contributed by atoms with Gasteiger partial charge in [-0.2, -0.15) is 0 Å². The van der Waals surface area contributed by atoms with E-state index in [1.807, 2.05) is 0 Å². The van der Waals surface area contributed by atoms with Crippen LogP contribution in [0.1, 0.15) is 41.4 Å². The monoisotopic (exact) mass is 266 g/mol. The minimum atomic E-state index is -2.64. The number of para-hydroxylation sites is 1. The average molecular weight is 266 g/mol. The van der Waals surface area contributed by atoms with Crippen molar-refractivity contribution < 1.29 is 18.7 Å². The van der Waals surface area contributed by atoms with Gasteiger partial charge in [0.05, 0.1) is 11.1 Å². The number of aromatic carboxylic acids is 1. The SMILES string of the molecule is O=C(O)c1cccc2[nH]c(C3CCC(F)(F)C3)nc12. The predicted molar refractivity (Wildman–Crippen MR) is 64.6 cm³/mol. The van der Waals surface area contributed by atoms with Crippen molar-refractivity contribution in [2.45, 2.75) is 31.1 Å². The second-order valence-electron chi connectivity index (χ2n) is 4.92. The molecule has 1 fully saturated rings. The lowest BCUT2D eigenvalue weighted by atomic mass is 10.1. The van der Waals surface area contributed by atoms with E-state index >= 15 is 0 Å². The third-order valence-corrected chi connectivity index (χ3v) is 3.55. The topological polar surface area (TPSA) is 66.0 Å². The van der Waals surface area contributed by atoms with Crippen LogP contribution in [0.15, 0.2) is 18.2 Å². The molecule has 0 bridgehead atoms. The van der Waals surface area contributed by atoms with Gasteiger partial charge in [0.25, 0.3) is 0 Å². The smallest absolute Gasteiger partial charge is 0.337 e. The Kier molecular flexibility index (Phi) is 2.55.